The number of benzene rings is 1. The highest BCUT2D eigenvalue weighted by molar-refractivity contribution is 5.80. The van der Waals surface area contributed by atoms with Crippen LogP contribution in [0.25, 0.3) is 0 Å². The molecule has 0 aromatic heterocycles. The smallest absolute Gasteiger partial charge is 0.325 e. The Labute approximate surface area is 122 Å². The van der Waals surface area contributed by atoms with Gasteiger partial charge in [0.2, 0.25) is 0 Å². The van der Waals surface area contributed by atoms with Crippen LogP contribution in [0, 0.1) is 0 Å². The number of para-hydroxylation sites is 1. The van der Waals surface area contributed by atoms with Crippen molar-refractivity contribution in [3.63, 3.8) is 0 Å². The summed E-state index contributed by atoms with van der Waals surface area (Å²) >= 11 is 0. The first-order valence-corrected chi connectivity index (χ1v) is 7.13. The summed E-state index contributed by atoms with van der Waals surface area (Å²) in [6, 6.07) is 10.2. The van der Waals surface area contributed by atoms with Gasteiger partial charge in [-0.25, -0.2) is 0 Å². The summed E-state index contributed by atoms with van der Waals surface area (Å²) in [5.41, 5.74) is 0.517. The Hall–Kier alpha value is -1.55. The molecule has 0 amide bonds. The number of ether oxygens (including phenoxy) is 1. The number of carbonyl (C=O) groups excluding carboxylic acids is 1. The molecule has 0 heterocycles. The van der Waals surface area contributed by atoms with E-state index in [1.54, 1.807) is 0 Å². The zero-order chi connectivity index (χ0) is 15.0. The monoisotopic (exact) mass is 278 g/mol. The fourth-order valence-electron chi connectivity index (χ4n) is 2.09. The molecule has 4 heteroatoms. The highest BCUT2D eigenvalue weighted by atomic mass is 16.5. The van der Waals surface area contributed by atoms with E-state index in [0.29, 0.717) is 6.42 Å². The molecule has 0 aliphatic carbocycles. The van der Waals surface area contributed by atoms with Gasteiger partial charge in [-0.2, -0.15) is 0 Å². The minimum Gasteiger partial charge on any atom is -0.468 e. The van der Waals surface area contributed by atoms with E-state index in [2.05, 4.69) is 29.3 Å². The quantitative estimate of drug-likeness (QED) is 0.742. The van der Waals surface area contributed by atoms with Crippen molar-refractivity contribution in [2.45, 2.75) is 32.2 Å². The predicted molar refractivity (Wildman–Crippen MR) is 83.0 cm³/mol. The van der Waals surface area contributed by atoms with Gasteiger partial charge in [0.15, 0.2) is 0 Å². The fraction of sp³-hybridized carbons (Fsp3) is 0.562. The third-order valence-corrected chi connectivity index (χ3v) is 3.55. The van der Waals surface area contributed by atoms with Gasteiger partial charge < -0.3 is 15.0 Å². The summed E-state index contributed by atoms with van der Waals surface area (Å²) in [7, 11) is 3.47. The van der Waals surface area contributed by atoms with E-state index >= 15 is 0 Å². The van der Waals surface area contributed by atoms with Crippen LogP contribution in [0.3, 0.4) is 0 Å². The Kier molecular flexibility index (Phi) is 6.52. The van der Waals surface area contributed by atoms with E-state index in [4.69, 9.17) is 4.74 Å². The fourth-order valence-corrected chi connectivity index (χ4v) is 2.09. The number of nitrogens with zero attached hydrogens (tertiary/aromatic N) is 1. The second-order valence-corrected chi connectivity index (χ2v) is 5.26. The van der Waals surface area contributed by atoms with Crippen molar-refractivity contribution in [2.24, 2.45) is 0 Å². The van der Waals surface area contributed by atoms with Crippen LogP contribution < -0.4 is 10.2 Å². The summed E-state index contributed by atoms with van der Waals surface area (Å²) in [4.78, 5) is 14.1. The lowest BCUT2D eigenvalue weighted by Crippen LogP contribution is -2.52. The molecule has 1 unspecified atom stereocenters. The van der Waals surface area contributed by atoms with Gasteiger partial charge in [0.05, 0.1) is 7.11 Å². The number of anilines is 1. The molecule has 0 bridgehead atoms. The Morgan fingerprint density at radius 3 is 2.55 bits per heavy atom. The molecule has 112 valence electrons. The van der Waals surface area contributed by atoms with Crippen molar-refractivity contribution in [2.75, 3.05) is 32.1 Å². The molecule has 1 atom stereocenters. The summed E-state index contributed by atoms with van der Waals surface area (Å²) in [5, 5.41) is 3.30. The molecule has 0 spiro atoms. The molecule has 20 heavy (non-hydrogen) atoms. The Morgan fingerprint density at radius 1 is 1.35 bits per heavy atom. The van der Waals surface area contributed by atoms with E-state index in [1.807, 2.05) is 32.2 Å². The lowest BCUT2D eigenvalue weighted by molar-refractivity contribution is -0.148. The molecular formula is C16H26N2O2. The molecule has 1 aromatic rings. The van der Waals surface area contributed by atoms with Crippen molar-refractivity contribution in [1.29, 1.82) is 0 Å². The van der Waals surface area contributed by atoms with E-state index in [-0.39, 0.29) is 5.97 Å². The first-order chi connectivity index (χ1) is 9.53. The average Bonchev–Trinajstić information content (AvgIpc) is 2.50. The van der Waals surface area contributed by atoms with Crippen LogP contribution >= 0.6 is 0 Å². The van der Waals surface area contributed by atoms with Crippen molar-refractivity contribution >= 4 is 11.7 Å². The first kappa shape index (κ1) is 16.5. The molecule has 1 aromatic carbocycles. The summed E-state index contributed by atoms with van der Waals surface area (Å²) in [6.45, 7) is 5.58. The van der Waals surface area contributed by atoms with Crippen molar-refractivity contribution in [3.8, 4) is 0 Å². The minimum absolute atomic E-state index is 0.201. The molecular weight excluding hydrogens is 252 g/mol. The number of hydrogen-bond donors (Lipinski definition) is 1. The van der Waals surface area contributed by atoms with E-state index in [0.717, 1.165) is 25.2 Å². The van der Waals surface area contributed by atoms with Crippen LogP contribution in [0.2, 0.25) is 0 Å². The second-order valence-electron chi connectivity index (χ2n) is 5.26. The third-order valence-electron chi connectivity index (χ3n) is 3.55. The van der Waals surface area contributed by atoms with E-state index < -0.39 is 5.54 Å². The lowest BCUT2D eigenvalue weighted by Gasteiger charge is -2.30. The number of carbonyl (C=O) groups is 1. The molecule has 0 radical (unpaired) electrons. The predicted octanol–water partition coefficient (Wildman–Crippen LogP) is 2.44. The Balaban J connectivity index is 2.64. The number of rotatable bonds is 8. The zero-order valence-electron chi connectivity index (χ0n) is 13.0. The normalized spacial score (nSPS) is 13.6. The molecule has 0 saturated heterocycles. The van der Waals surface area contributed by atoms with Gasteiger partial charge in [0.1, 0.15) is 5.54 Å². The maximum atomic E-state index is 12.0. The second kappa shape index (κ2) is 7.90. The SMILES string of the molecule is CCCNC(C)(CCN(C)c1ccccc1)C(=O)OC. The maximum absolute atomic E-state index is 12.0. The largest absolute Gasteiger partial charge is 0.468 e. The standard InChI is InChI=1S/C16H26N2O2/c1-5-12-17-16(2,15(19)20-4)11-13-18(3)14-9-7-6-8-10-14/h6-10,17H,5,11-13H2,1-4H3. The topological polar surface area (TPSA) is 41.6 Å². The van der Waals surface area contributed by atoms with Gasteiger partial charge >= 0.3 is 5.97 Å². The number of nitrogens with one attached hydrogen (secondary N) is 1. The minimum atomic E-state index is -0.631. The highest BCUT2D eigenvalue weighted by Crippen LogP contribution is 2.17. The Morgan fingerprint density at radius 2 is 2.00 bits per heavy atom. The van der Waals surface area contributed by atoms with E-state index in [9.17, 15) is 4.79 Å². The maximum Gasteiger partial charge on any atom is 0.325 e. The molecule has 0 saturated carbocycles. The first-order valence-electron chi connectivity index (χ1n) is 7.13. The number of esters is 1. The van der Waals surface area contributed by atoms with Gasteiger partial charge in [-0.15, -0.1) is 0 Å². The van der Waals surface area contributed by atoms with Gasteiger partial charge in [0.25, 0.3) is 0 Å². The van der Waals surface area contributed by atoms with Gasteiger partial charge in [-0.1, -0.05) is 25.1 Å². The average molecular weight is 278 g/mol. The van der Waals surface area contributed by atoms with Gasteiger partial charge in [0, 0.05) is 19.3 Å². The molecule has 0 fully saturated rings. The van der Waals surface area contributed by atoms with Gasteiger partial charge in [-0.3, -0.25) is 4.79 Å². The highest BCUT2D eigenvalue weighted by Gasteiger charge is 2.33. The van der Waals surface area contributed by atoms with Crippen molar-refractivity contribution in [3.05, 3.63) is 30.3 Å². The van der Waals surface area contributed by atoms with E-state index in [1.165, 1.54) is 7.11 Å². The third kappa shape index (κ3) is 4.53. The number of methoxy groups -OCH3 is 1. The Bertz CT molecular complexity index is 408. The summed E-state index contributed by atoms with van der Waals surface area (Å²) in [6.07, 6.45) is 1.69. The lowest BCUT2D eigenvalue weighted by atomic mass is 9.97. The molecule has 4 nitrogen and oxygen atoms in total. The van der Waals surface area contributed by atoms with Crippen LogP contribution in [0.5, 0.6) is 0 Å². The summed E-state index contributed by atoms with van der Waals surface area (Å²) < 4.78 is 4.93. The number of hydrogen-bond acceptors (Lipinski definition) is 4. The molecule has 0 aliphatic rings. The van der Waals surface area contributed by atoms with Crippen LogP contribution in [-0.2, 0) is 9.53 Å². The summed E-state index contributed by atoms with van der Waals surface area (Å²) in [5.74, 6) is -0.201. The van der Waals surface area contributed by atoms with Crippen molar-refractivity contribution in [1.82, 2.24) is 5.32 Å². The molecule has 0 aliphatic heterocycles. The van der Waals surface area contributed by atoms with Crippen LogP contribution in [0.1, 0.15) is 26.7 Å². The molecule has 1 rings (SSSR count). The van der Waals surface area contributed by atoms with Crippen LogP contribution in [-0.4, -0.2) is 38.8 Å². The zero-order valence-corrected chi connectivity index (χ0v) is 13.0. The van der Waals surface area contributed by atoms with Crippen molar-refractivity contribution < 1.29 is 9.53 Å². The molecule has 1 N–H and O–H groups in total. The van der Waals surface area contributed by atoms with Crippen LogP contribution in [0.4, 0.5) is 5.69 Å². The van der Waals surface area contributed by atoms with Crippen LogP contribution in [0.15, 0.2) is 30.3 Å². The van der Waals surface area contributed by atoms with Gasteiger partial charge in [-0.05, 0) is 38.4 Å².